The molecule has 1 atom stereocenters. The standard InChI is InChI=1S/C11H15N3S/c1-2-10(11-12-5-6-13-11)14-8-9-4-3-7-15-9/h3-7,10,14H,2,8H2,1H3,(H,12,13). The van der Waals surface area contributed by atoms with Crippen molar-refractivity contribution in [3.8, 4) is 0 Å². The molecule has 1 unspecified atom stereocenters. The molecule has 0 aliphatic heterocycles. The summed E-state index contributed by atoms with van der Waals surface area (Å²) in [5, 5.41) is 5.59. The fourth-order valence-electron chi connectivity index (χ4n) is 1.54. The fourth-order valence-corrected chi connectivity index (χ4v) is 2.20. The molecule has 0 aliphatic carbocycles. The normalized spacial score (nSPS) is 12.9. The molecule has 2 N–H and O–H groups in total. The Bertz CT molecular complexity index is 366. The Morgan fingerprint density at radius 1 is 1.60 bits per heavy atom. The Labute approximate surface area is 93.6 Å². The second-order valence-electron chi connectivity index (χ2n) is 3.40. The number of hydrogen-bond donors (Lipinski definition) is 2. The Kier molecular flexibility index (Phi) is 3.53. The van der Waals surface area contributed by atoms with Crippen molar-refractivity contribution in [1.29, 1.82) is 0 Å². The van der Waals surface area contributed by atoms with E-state index in [0.717, 1.165) is 18.8 Å². The van der Waals surface area contributed by atoms with Crippen LogP contribution in [0.1, 0.15) is 30.1 Å². The molecular weight excluding hydrogens is 206 g/mol. The van der Waals surface area contributed by atoms with Crippen LogP contribution in [0.15, 0.2) is 29.9 Å². The summed E-state index contributed by atoms with van der Waals surface area (Å²) in [6, 6.07) is 4.55. The maximum absolute atomic E-state index is 4.27. The van der Waals surface area contributed by atoms with E-state index in [0.29, 0.717) is 6.04 Å². The first-order chi connectivity index (χ1) is 7.40. The molecule has 2 heterocycles. The Morgan fingerprint density at radius 3 is 3.13 bits per heavy atom. The van der Waals surface area contributed by atoms with Crippen molar-refractivity contribution >= 4 is 11.3 Å². The van der Waals surface area contributed by atoms with Gasteiger partial charge < -0.3 is 10.3 Å². The van der Waals surface area contributed by atoms with Crippen molar-refractivity contribution in [3.05, 3.63) is 40.6 Å². The van der Waals surface area contributed by atoms with Crippen LogP contribution in [0.4, 0.5) is 0 Å². The number of rotatable bonds is 5. The highest BCUT2D eigenvalue weighted by molar-refractivity contribution is 7.09. The highest BCUT2D eigenvalue weighted by atomic mass is 32.1. The average Bonchev–Trinajstić information content (AvgIpc) is 2.90. The highest BCUT2D eigenvalue weighted by Gasteiger charge is 2.10. The van der Waals surface area contributed by atoms with E-state index < -0.39 is 0 Å². The van der Waals surface area contributed by atoms with Crippen molar-refractivity contribution in [1.82, 2.24) is 15.3 Å². The summed E-state index contributed by atoms with van der Waals surface area (Å²) in [7, 11) is 0. The molecule has 0 saturated carbocycles. The number of thiophene rings is 1. The largest absolute Gasteiger partial charge is 0.347 e. The number of aromatic amines is 1. The minimum Gasteiger partial charge on any atom is -0.347 e. The monoisotopic (exact) mass is 221 g/mol. The summed E-state index contributed by atoms with van der Waals surface area (Å²) < 4.78 is 0. The molecule has 3 nitrogen and oxygen atoms in total. The third-order valence-corrected chi connectivity index (χ3v) is 3.24. The molecule has 0 aromatic carbocycles. The van der Waals surface area contributed by atoms with Crippen molar-refractivity contribution in [2.24, 2.45) is 0 Å². The maximum Gasteiger partial charge on any atom is 0.123 e. The number of nitrogens with one attached hydrogen (secondary N) is 2. The van der Waals surface area contributed by atoms with Crippen molar-refractivity contribution < 1.29 is 0 Å². The van der Waals surface area contributed by atoms with Crippen LogP contribution in [0, 0.1) is 0 Å². The minimum absolute atomic E-state index is 0.321. The maximum atomic E-state index is 4.27. The van der Waals surface area contributed by atoms with Gasteiger partial charge in [-0.25, -0.2) is 4.98 Å². The fraction of sp³-hybridized carbons (Fsp3) is 0.364. The zero-order chi connectivity index (χ0) is 10.5. The van der Waals surface area contributed by atoms with Crippen molar-refractivity contribution in [3.63, 3.8) is 0 Å². The Hall–Kier alpha value is -1.13. The zero-order valence-electron chi connectivity index (χ0n) is 8.73. The summed E-state index contributed by atoms with van der Waals surface area (Å²) in [5.74, 6) is 1.02. The molecule has 0 aliphatic rings. The van der Waals surface area contributed by atoms with E-state index in [1.54, 1.807) is 17.5 Å². The van der Waals surface area contributed by atoms with Crippen LogP contribution in [-0.4, -0.2) is 9.97 Å². The van der Waals surface area contributed by atoms with E-state index in [1.165, 1.54) is 4.88 Å². The molecule has 0 saturated heterocycles. The van der Waals surface area contributed by atoms with Crippen LogP contribution < -0.4 is 5.32 Å². The number of hydrogen-bond acceptors (Lipinski definition) is 3. The molecule has 2 aromatic heterocycles. The molecule has 0 amide bonds. The lowest BCUT2D eigenvalue weighted by molar-refractivity contribution is 0.500. The van der Waals surface area contributed by atoms with E-state index in [4.69, 9.17) is 0 Å². The molecule has 4 heteroatoms. The third kappa shape index (κ3) is 2.67. The first kappa shape index (κ1) is 10.4. The molecule has 0 bridgehead atoms. The van der Waals surface area contributed by atoms with Crippen LogP contribution >= 0.6 is 11.3 Å². The zero-order valence-corrected chi connectivity index (χ0v) is 9.55. The van der Waals surface area contributed by atoms with Crippen LogP contribution in [0.2, 0.25) is 0 Å². The smallest absolute Gasteiger partial charge is 0.123 e. The van der Waals surface area contributed by atoms with Gasteiger partial charge in [-0.2, -0.15) is 0 Å². The van der Waals surface area contributed by atoms with Gasteiger partial charge in [0.2, 0.25) is 0 Å². The van der Waals surface area contributed by atoms with E-state index in [9.17, 15) is 0 Å². The van der Waals surface area contributed by atoms with Crippen molar-refractivity contribution in [2.45, 2.75) is 25.9 Å². The summed E-state index contributed by atoms with van der Waals surface area (Å²) in [6.07, 6.45) is 4.70. The molecule has 15 heavy (non-hydrogen) atoms. The summed E-state index contributed by atoms with van der Waals surface area (Å²) in [4.78, 5) is 8.78. The van der Waals surface area contributed by atoms with Crippen LogP contribution in [0.5, 0.6) is 0 Å². The topological polar surface area (TPSA) is 40.7 Å². The van der Waals surface area contributed by atoms with Gasteiger partial charge in [0.25, 0.3) is 0 Å². The van der Waals surface area contributed by atoms with Crippen LogP contribution in [0.3, 0.4) is 0 Å². The second-order valence-corrected chi connectivity index (χ2v) is 4.43. The summed E-state index contributed by atoms with van der Waals surface area (Å²) in [6.45, 7) is 3.07. The van der Waals surface area contributed by atoms with Crippen molar-refractivity contribution in [2.75, 3.05) is 0 Å². The van der Waals surface area contributed by atoms with Gasteiger partial charge in [-0.1, -0.05) is 13.0 Å². The number of nitrogens with zero attached hydrogens (tertiary/aromatic N) is 1. The van der Waals surface area contributed by atoms with E-state index >= 15 is 0 Å². The first-order valence-electron chi connectivity index (χ1n) is 5.15. The lowest BCUT2D eigenvalue weighted by atomic mass is 10.2. The van der Waals surface area contributed by atoms with Gasteiger partial charge in [-0.3, -0.25) is 0 Å². The SMILES string of the molecule is CCC(NCc1cccs1)c1ncc[nH]1. The molecule has 0 radical (unpaired) electrons. The van der Waals surface area contributed by atoms with Gasteiger partial charge in [-0.05, 0) is 17.9 Å². The average molecular weight is 221 g/mol. The highest BCUT2D eigenvalue weighted by Crippen LogP contribution is 2.14. The predicted molar refractivity (Wildman–Crippen MR) is 62.8 cm³/mol. The van der Waals surface area contributed by atoms with Gasteiger partial charge in [0.15, 0.2) is 0 Å². The lowest BCUT2D eigenvalue weighted by Gasteiger charge is -2.13. The van der Waals surface area contributed by atoms with E-state index in [1.807, 2.05) is 6.20 Å². The lowest BCUT2D eigenvalue weighted by Crippen LogP contribution is -2.20. The number of imidazole rings is 1. The predicted octanol–water partition coefficient (Wildman–Crippen LogP) is 2.71. The summed E-state index contributed by atoms with van der Waals surface area (Å²) >= 11 is 1.78. The molecular formula is C11H15N3S. The molecule has 2 aromatic rings. The van der Waals surface area contributed by atoms with Gasteiger partial charge >= 0.3 is 0 Å². The van der Waals surface area contributed by atoms with Gasteiger partial charge in [0.05, 0.1) is 6.04 Å². The Morgan fingerprint density at radius 2 is 2.53 bits per heavy atom. The van der Waals surface area contributed by atoms with Gasteiger partial charge in [-0.15, -0.1) is 11.3 Å². The third-order valence-electron chi connectivity index (χ3n) is 2.36. The van der Waals surface area contributed by atoms with E-state index in [2.05, 4.69) is 39.7 Å². The number of aromatic nitrogens is 2. The summed E-state index contributed by atoms with van der Waals surface area (Å²) in [5.41, 5.74) is 0. The number of H-pyrrole nitrogens is 1. The van der Waals surface area contributed by atoms with Crippen LogP contribution in [-0.2, 0) is 6.54 Å². The first-order valence-corrected chi connectivity index (χ1v) is 6.03. The molecule has 0 fully saturated rings. The quantitative estimate of drug-likeness (QED) is 0.815. The van der Waals surface area contributed by atoms with E-state index in [-0.39, 0.29) is 0 Å². The van der Waals surface area contributed by atoms with Crippen LogP contribution in [0.25, 0.3) is 0 Å². The molecule has 0 spiro atoms. The van der Waals surface area contributed by atoms with Gasteiger partial charge in [0, 0.05) is 23.8 Å². The molecule has 2 rings (SSSR count). The minimum atomic E-state index is 0.321. The van der Waals surface area contributed by atoms with Gasteiger partial charge in [0.1, 0.15) is 5.82 Å². The second kappa shape index (κ2) is 5.09. The Balaban J connectivity index is 1.92. The molecule has 80 valence electrons.